The van der Waals surface area contributed by atoms with Crippen LogP contribution in [0.2, 0.25) is 0 Å². The van der Waals surface area contributed by atoms with E-state index in [0.29, 0.717) is 31.6 Å². The van der Waals surface area contributed by atoms with Gasteiger partial charge in [0, 0.05) is 12.5 Å². The highest BCUT2D eigenvalue weighted by molar-refractivity contribution is 5.85. The van der Waals surface area contributed by atoms with Crippen molar-refractivity contribution in [3.8, 4) is 0 Å². The molecule has 0 aromatic heterocycles. The Balaban J connectivity index is 0.00000338. The van der Waals surface area contributed by atoms with E-state index in [1.807, 2.05) is 0 Å². The molecule has 1 heterocycles. The normalized spacial score (nSPS) is 21.3. The van der Waals surface area contributed by atoms with Crippen molar-refractivity contribution in [2.75, 3.05) is 26.4 Å². The molecule has 1 aromatic rings. The summed E-state index contributed by atoms with van der Waals surface area (Å²) in [7, 11) is 0. The van der Waals surface area contributed by atoms with Crippen LogP contribution in [0.5, 0.6) is 0 Å². The third-order valence-electron chi connectivity index (χ3n) is 4.21. The lowest BCUT2D eigenvalue weighted by Crippen LogP contribution is -2.39. The first-order chi connectivity index (χ1) is 11.6. The van der Waals surface area contributed by atoms with Crippen molar-refractivity contribution in [3.63, 3.8) is 0 Å². The van der Waals surface area contributed by atoms with Gasteiger partial charge in [0.15, 0.2) is 0 Å². The molecule has 0 bridgehead atoms. The summed E-state index contributed by atoms with van der Waals surface area (Å²) in [6, 6.07) is 1.36. The SMILES string of the molecule is Cl.FC[C@@H]1CCNC[C@H]1COCc1cc(C(F)(F)F)cc(C(F)(F)F)c1. The first-order valence-electron chi connectivity index (χ1n) is 7.74. The molecule has 1 fully saturated rings. The molecule has 150 valence electrons. The molecule has 0 saturated carbocycles. The minimum absolute atomic E-state index is 0. The van der Waals surface area contributed by atoms with E-state index in [0.717, 1.165) is 0 Å². The summed E-state index contributed by atoms with van der Waals surface area (Å²) in [4.78, 5) is 0. The summed E-state index contributed by atoms with van der Waals surface area (Å²) in [5.41, 5.74) is -2.97. The number of halogens is 8. The van der Waals surface area contributed by atoms with Crippen LogP contribution in [-0.2, 0) is 23.7 Å². The summed E-state index contributed by atoms with van der Waals surface area (Å²) in [6.45, 7) is 0.317. The quantitative estimate of drug-likeness (QED) is 0.701. The highest BCUT2D eigenvalue weighted by atomic mass is 35.5. The number of rotatable bonds is 5. The predicted octanol–water partition coefficient (Wildman–Crippen LogP) is 4.86. The third-order valence-corrected chi connectivity index (χ3v) is 4.21. The van der Waals surface area contributed by atoms with E-state index in [2.05, 4.69) is 5.32 Å². The summed E-state index contributed by atoms with van der Waals surface area (Å²) in [5.74, 6) is -0.375. The zero-order chi connectivity index (χ0) is 18.7. The standard InChI is InChI=1S/C16H18F7NO.ClH/c17-6-11-1-2-24-7-12(11)9-25-8-10-3-13(15(18,19)20)5-14(4-10)16(21,22)23;/h3-5,11-12,24H,1-2,6-9H2;1H/t11-,12-;/m0./s1. The zero-order valence-corrected chi connectivity index (χ0v) is 14.4. The Morgan fingerprint density at radius 3 is 2.04 bits per heavy atom. The minimum atomic E-state index is -4.89. The number of hydrogen-bond donors (Lipinski definition) is 1. The van der Waals surface area contributed by atoms with Gasteiger partial charge in [0.25, 0.3) is 0 Å². The molecule has 0 amide bonds. The van der Waals surface area contributed by atoms with Crippen molar-refractivity contribution in [2.45, 2.75) is 25.4 Å². The Morgan fingerprint density at radius 2 is 1.54 bits per heavy atom. The average molecular weight is 410 g/mol. The molecule has 1 aliphatic heterocycles. The molecule has 1 aliphatic rings. The van der Waals surface area contributed by atoms with Gasteiger partial charge in [-0.2, -0.15) is 26.3 Å². The van der Waals surface area contributed by atoms with Gasteiger partial charge in [-0.3, -0.25) is 4.39 Å². The van der Waals surface area contributed by atoms with Crippen molar-refractivity contribution < 1.29 is 35.5 Å². The van der Waals surface area contributed by atoms with Crippen LogP contribution in [0.3, 0.4) is 0 Å². The van der Waals surface area contributed by atoms with Crippen LogP contribution < -0.4 is 5.32 Å². The van der Waals surface area contributed by atoms with E-state index in [1.54, 1.807) is 0 Å². The fourth-order valence-corrected chi connectivity index (χ4v) is 2.81. The van der Waals surface area contributed by atoms with Gasteiger partial charge in [0.05, 0.1) is 31.0 Å². The van der Waals surface area contributed by atoms with Crippen molar-refractivity contribution in [2.24, 2.45) is 11.8 Å². The summed E-state index contributed by atoms with van der Waals surface area (Å²) < 4.78 is 94.9. The number of nitrogens with one attached hydrogen (secondary N) is 1. The molecule has 2 atom stereocenters. The Labute approximate surface area is 152 Å². The summed E-state index contributed by atoms with van der Waals surface area (Å²) in [5, 5.41) is 3.06. The van der Waals surface area contributed by atoms with E-state index in [9.17, 15) is 30.7 Å². The first-order valence-corrected chi connectivity index (χ1v) is 7.74. The topological polar surface area (TPSA) is 21.3 Å². The molecule has 2 nitrogen and oxygen atoms in total. The summed E-state index contributed by atoms with van der Waals surface area (Å²) >= 11 is 0. The second-order valence-corrected chi connectivity index (χ2v) is 6.10. The number of benzene rings is 1. The van der Waals surface area contributed by atoms with Crippen molar-refractivity contribution in [1.29, 1.82) is 0 Å². The molecule has 0 unspecified atom stereocenters. The Bertz CT molecular complexity index is 544. The van der Waals surface area contributed by atoms with Gasteiger partial charge in [-0.15, -0.1) is 12.4 Å². The molecule has 1 aromatic carbocycles. The zero-order valence-electron chi connectivity index (χ0n) is 13.6. The van der Waals surface area contributed by atoms with Crippen LogP contribution in [0.25, 0.3) is 0 Å². The monoisotopic (exact) mass is 409 g/mol. The number of piperidine rings is 1. The van der Waals surface area contributed by atoms with Gasteiger partial charge in [-0.25, -0.2) is 0 Å². The van der Waals surface area contributed by atoms with Gasteiger partial charge in [0.2, 0.25) is 0 Å². The number of hydrogen-bond acceptors (Lipinski definition) is 2. The van der Waals surface area contributed by atoms with Crippen LogP contribution in [0.1, 0.15) is 23.1 Å². The largest absolute Gasteiger partial charge is 0.416 e. The van der Waals surface area contributed by atoms with Crippen LogP contribution >= 0.6 is 12.4 Å². The predicted molar refractivity (Wildman–Crippen MR) is 83.8 cm³/mol. The Morgan fingerprint density at radius 1 is 0.962 bits per heavy atom. The van der Waals surface area contributed by atoms with Gasteiger partial charge in [-0.05, 0) is 42.6 Å². The maximum absolute atomic E-state index is 12.9. The van der Waals surface area contributed by atoms with Crippen LogP contribution in [0, 0.1) is 11.8 Å². The molecule has 0 radical (unpaired) electrons. The van der Waals surface area contributed by atoms with Crippen LogP contribution in [-0.4, -0.2) is 26.4 Å². The van der Waals surface area contributed by atoms with Gasteiger partial charge >= 0.3 is 12.4 Å². The lowest BCUT2D eigenvalue weighted by atomic mass is 9.88. The minimum Gasteiger partial charge on any atom is -0.376 e. The number of alkyl halides is 7. The highest BCUT2D eigenvalue weighted by Crippen LogP contribution is 2.36. The molecule has 1 N–H and O–H groups in total. The Kier molecular flexibility index (Phi) is 8.16. The van der Waals surface area contributed by atoms with Crippen molar-refractivity contribution in [3.05, 3.63) is 34.9 Å². The summed E-state index contributed by atoms with van der Waals surface area (Å²) in [6.07, 6.45) is -9.16. The molecule has 10 heteroatoms. The Hall–Kier alpha value is -1.06. The molecule has 2 rings (SSSR count). The first kappa shape index (κ1) is 23.0. The van der Waals surface area contributed by atoms with E-state index in [1.165, 1.54) is 0 Å². The molecule has 1 saturated heterocycles. The van der Waals surface area contributed by atoms with Gasteiger partial charge < -0.3 is 10.1 Å². The third kappa shape index (κ3) is 6.28. The fraction of sp³-hybridized carbons (Fsp3) is 0.625. The maximum Gasteiger partial charge on any atom is 0.416 e. The second-order valence-electron chi connectivity index (χ2n) is 6.10. The van der Waals surface area contributed by atoms with Crippen LogP contribution in [0.4, 0.5) is 30.7 Å². The van der Waals surface area contributed by atoms with Crippen molar-refractivity contribution in [1.82, 2.24) is 5.32 Å². The van der Waals surface area contributed by atoms with E-state index >= 15 is 0 Å². The highest BCUT2D eigenvalue weighted by Gasteiger charge is 2.37. The van der Waals surface area contributed by atoms with E-state index in [4.69, 9.17) is 4.74 Å². The van der Waals surface area contributed by atoms with Gasteiger partial charge in [0.1, 0.15) is 0 Å². The molecule has 26 heavy (non-hydrogen) atoms. The van der Waals surface area contributed by atoms with Gasteiger partial charge in [-0.1, -0.05) is 0 Å². The average Bonchev–Trinajstić information content (AvgIpc) is 2.53. The molecular weight excluding hydrogens is 391 g/mol. The maximum atomic E-state index is 12.9. The fourth-order valence-electron chi connectivity index (χ4n) is 2.81. The lowest BCUT2D eigenvalue weighted by Gasteiger charge is -2.30. The molecule has 0 aliphatic carbocycles. The second kappa shape index (κ2) is 9.23. The van der Waals surface area contributed by atoms with Crippen molar-refractivity contribution >= 4 is 12.4 Å². The molecular formula is C16H19ClF7NO. The smallest absolute Gasteiger partial charge is 0.376 e. The molecule has 0 spiro atoms. The van der Waals surface area contributed by atoms with E-state index in [-0.39, 0.29) is 42.5 Å². The van der Waals surface area contributed by atoms with Crippen LogP contribution in [0.15, 0.2) is 18.2 Å². The number of ether oxygens (including phenoxy) is 1. The van der Waals surface area contributed by atoms with E-state index < -0.39 is 36.8 Å². The lowest BCUT2D eigenvalue weighted by molar-refractivity contribution is -0.143.